The smallest absolute Gasteiger partial charge is 0.0587 e. The second-order valence-electron chi connectivity index (χ2n) is 2.22. The third-order valence-corrected chi connectivity index (χ3v) is 1.63. The Morgan fingerprint density at radius 3 is 2.75 bits per heavy atom. The van der Waals surface area contributed by atoms with E-state index >= 15 is 0 Å². The van der Waals surface area contributed by atoms with E-state index < -0.39 is 0 Å². The number of hydrogen-bond acceptors (Lipinski definition) is 2. The molecule has 1 fully saturated rings. The number of aliphatic hydroxyl groups is 1. The van der Waals surface area contributed by atoms with Crippen molar-refractivity contribution < 1.29 is 5.11 Å². The highest BCUT2D eigenvalue weighted by molar-refractivity contribution is 4.76. The van der Waals surface area contributed by atoms with Crippen molar-refractivity contribution in [3.63, 3.8) is 0 Å². The molecule has 0 aliphatic carbocycles. The molecule has 0 aromatic rings. The molecule has 0 unspecified atom stereocenters. The van der Waals surface area contributed by atoms with Crippen molar-refractivity contribution in [3.05, 3.63) is 7.05 Å². The molecular formula is C6H11NO. The van der Waals surface area contributed by atoms with Crippen molar-refractivity contribution in [2.24, 2.45) is 0 Å². The van der Waals surface area contributed by atoms with Crippen LogP contribution < -0.4 is 0 Å². The van der Waals surface area contributed by atoms with E-state index in [1.165, 1.54) is 0 Å². The first kappa shape index (κ1) is 6.05. The summed E-state index contributed by atoms with van der Waals surface area (Å²) in [5, 5.41) is 8.61. The van der Waals surface area contributed by atoms with Crippen LogP contribution >= 0.6 is 0 Å². The van der Waals surface area contributed by atoms with Crippen LogP contribution in [0.2, 0.25) is 0 Å². The molecule has 0 spiro atoms. The number of aliphatic hydroxyl groups excluding tert-OH is 1. The van der Waals surface area contributed by atoms with E-state index in [0.29, 0.717) is 0 Å². The summed E-state index contributed by atoms with van der Waals surface area (Å²) >= 11 is 0. The minimum absolute atomic E-state index is 0.205. The van der Waals surface area contributed by atoms with Gasteiger partial charge in [0.2, 0.25) is 0 Å². The van der Waals surface area contributed by atoms with Gasteiger partial charge in [-0.2, -0.15) is 0 Å². The van der Waals surface area contributed by atoms with Gasteiger partial charge in [0.15, 0.2) is 0 Å². The molecule has 46 valence electrons. The van der Waals surface area contributed by atoms with Crippen LogP contribution in [0.1, 0.15) is 12.8 Å². The highest BCUT2D eigenvalue weighted by Crippen LogP contribution is 2.13. The Kier molecular flexibility index (Phi) is 1.86. The SMILES string of the molecule is [CH]N1CCC[C@@H]1CO. The second kappa shape index (κ2) is 2.46. The lowest BCUT2D eigenvalue weighted by atomic mass is 10.2. The summed E-state index contributed by atoms with van der Waals surface area (Å²) in [5.41, 5.74) is 0. The van der Waals surface area contributed by atoms with Crippen molar-refractivity contribution in [2.45, 2.75) is 18.9 Å². The fourth-order valence-electron chi connectivity index (χ4n) is 1.05. The molecule has 1 aliphatic heterocycles. The van der Waals surface area contributed by atoms with Crippen LogP contribution in [0.5, 0.6) is 0 Å². The fraction of sp³-hybridized carbons (Fsp3) is 0.833. The average molecular weight is 113 g/mol. The molecule has 0 saturated carbocycles. The molecule has 1 aliphatic rings. The minimum Gasteiger partial charge on any atom is -0.395 e. The minimum atomic E-state index is 0.205. The van der Waals surface area contributed by atoms with E-state index in [2.05, 4.69) is 0 Å². The zero-order valence-electron chi connectivity index (χ0n) is 4.88. The van der Waals surface area contributed by atoms with E-state index in [1.807, 2.05) is 0 Å². The van der Waals surface area contributed by atoms with Gasteiger partial charge in [-0.15, -0.1) is 0 Å². The first-order valence-corrected chi connectivity index (χ1v) is 2.97. The molecule has 1 rings (SSSR count). The summed E-state index contributed by atoms with van der Waals surface area (Å²) in [6.07, 6.45) is 2.18. The molecule has 2 nitrogen and oxygen atoms in total. The predicted octanol–water partition coefficient (Wildman–Crippen LogP) is 0.112. The van der Waals surface area contributed by atoms with Gasteiger partial charge in [0, 0.05) is 13.1 Å². The normalized spacial score (nSPS) is 31.5. The molecule has 2 radical (unpaired) electrons. The number of nitrogens with zero attached hydrogens (tertiary/aromatic N) is 1. The standard InChI is InChI=1S/C6H11NO/c1-7-4-2-3-6(7)5-8/h1,6,8H,2-5H2/t6-/m1/s1. The fourth-order valence-corrected chi connectivity index (χ4v) is 1.05. The van der Waals surface area contributed by atoms with Gasteiger partial charge in [-0.25, -0.2) is 0 Å². The Hall–Kier alpha value is -0.0800. The largest absolute Gasteiger partial charge is 0.395 e. The zero-order valence-corrected chi connectivity index (χ0v) is 4.88. The molecule has 1 N–H and O–H groups in total. The Morgan fingerprint density at radius 2 is 2.50 bits per heavy atom. The molecule has 1 heterocycles. The summed E-state index contributed by atoms with van der Waals surface area (Å²) in [5.74, 6) is 0. The van der Waals surface area contributed by atoms with Crippen LogP contribution in [0.25, 0.3) is 0 Å². The van der Waals surface area contributed by atoms with Crippen LogP contribution in [0.3, 0.4) is 0 Å². The van der Waals surface area contributed by atoms with Crippen LogP contribution in [-0.2, 0) is 0 Å². The van der Waals surface area contributed by atoms with Gasteiger partial charge in [-0.3, -0.25) is 4.90 Å². The predicted molar refractivity (Wildman–Crippen MR) is 31.1 cm³/mol. The first-order valence-electron chi connectivity index (χ1n) is 2.97. The molecule has 1 atom stereocenters. The molecule has 0 amide bonds. The maximum Gasteiger partial charge on any atom is 0.0587 e. The Morgan fingerprint density at radius 1 is 1.75 bits per heavy atom. The molecular weight excluding hydrogens is 102 g/mol. The molecule has 2 heteroatoms. The summed E-state index contributed by atoms with van der Waals surface area (Å²) < 4.78 is 0. The Balaban J connectivity index is 2.30. The van der Waals surface area contributed by atoms with Gasteiger partial charge in [0.25, 0.3) is 0 Å². The molecule has 0 aromatic heterocycles. The van der Waals surface area contributed by atoms with Gasteiger partial charge in [0.1, 0.15) is 0 Å². The van der Waals surface area contributed by atoms with Gasteiger partial charge in [-0.05, 0) is 19.4 Å². The molecule has 1 saturated heterocycles. The number of hydrogen-bond donors (Lipinski definition) is 1. The highest BCUT2D eigenvalue weighted by atomic mass is 16.3. The van der Waals surface area contributed by atoms with Gasteiger partial charge >= 0.3 is 0 Å². The lowest BCUT2D eigenvalue weighted by Crippen LogP contribution is -2.25. The van der Waals surface area contributed by atoms with E-state index in [-0.39, 0.29) is 12.6 Å². The van der Waals surface area contributed by atoms with Crippen LogP contribution in [0.4, 0.5) is 0 Å². The van der Waals surface area contributed by atoms with Crippen molar-refractivity contribution in [2.75, 3.05) is 13.2 Å². The maximum atomic E-state index is 8.61. The van der Waals surface area contributed by atoms with Crippen molar-refractivity contribution in [1.82, 2.24) is 4.90 Å². The maximum absolute atomic E-state index is 8.61. The lowest BCUT2D eigenvalue weighted by molar-refractivity contribution is 0.194. The number of likely N-dealkylation sites (tertiary alicyclic amines) is 1. The summed E-state index contributed by atoms with van der Waals surface area (Å²) in [6, 6.07) is 0.231. The van der Waals surface area contributed by atoms with Crippen LogP contribution in [0.15, 0.2) is 0 Å². The summed E-state index contributed by atoms with van der Waals surface area (Å²) in [4.78, 5) is 1.71. The molecule has 0 aromatic carbocycles. The summed E-state index contributed by atoms with van der Waals surface area (Å²) in [7, 11) is 5.46. The van der Waals surface area contributed by atoms with E-state index in [1.54, 1.807) is 4.90 Å². The van der Waals surface area contributed by atoms with Crippen molar-refractivity contribution >= 4 is 0 Å². The lowest BCUT2D eigenvalue weighted by Gasteiger charge is -2.14. The van der Waals surface area contributed by atoms with Gasteiger partial charge in [0.05, 0.1) is 6.61 Å². The van der Waals surface area contributed by atoms with Crippen molar-refractivity contribution in [1.29, 1.82) is 0 Å². The third kappa shape index (κ3) is 1.01. The van der Waals surface area contributed by atoms with Gasteiger partial charge in [-0.1, -0.05) is 0 Å². The Bertz CT molecular complexity index is 74.9. The third-order valence-electron chi connectivity index (χ3n) is 1.63. The van der Waals surface area contributed by atoms with Gasteiger partial charge < -0.3 is 5.11 Å². The molecule has 8 heavy (non-hydrogen) atoms. The topological polar surface area (TPSA) is 23.5 Å². The van der Waals surface area contributed by atoms with E-state index in [0.717, 1.165) is 19.4 Å². The second-order valence-corrected chi connectivity index (χ2v) is 2.22. The first-order chi connectivity index (χ1) is 3.84. The monoisotopic (exact) mass is 113 g/mol. The zero-order chi connectivity index (χ0) is 5.98. The van der Waals surface area contributed by atoms with Crippen LogP contribution in [-0.4, -0.2) is 29.2 Å². The quantitative estimate of drug-likeness (QED) is 0.521. The average Bonchev–Trinajstić information content (AvgIpc) is 2.14. The van der Waals surface area contributed by atoms with Crippen LogP contribution in [0, 0.1) is 7.05 Å². The Labute approximate surface area is 50.1 Å². The molecule has 0 bridgehead atoms. The highest BCUT2D eigenvalue weighted by Gasteiger charge is 2.19. The van der Waals surface area contributed by atoms with Crippen molar-refractivity contribution in [3.8, 4) is 0 Å². The van der Waals surface area contributed by atoms with E-state index in [4.69, 9.17) is 12.2 Å². The summed E-state index contributed by atoms with van der Waals surface area (Å²) in [6.45, 7) is 1.14. The number of rotatable bonds is 1. The van der Waals surface area contributed by atoms with E-state index in [9.17, 15) is 0 Å².